The zero-order valence-electron chi connectivity index (χ0n) is 12.3. The van der Waals surface area contributed by atoms with Gasteiger partial charge in [-0.15, -0.1) is 0 Å². The first-order valence-corrected chi connectivity index (χ1v) is 6.58. The van der Waals surface area contributed by atoms with Crippen LogP contribution < -0.4 is 9.47 Å². The summed E-state index contributed by atoms with van der Waals surface area (Å²) in [5, 5.41) is 13.7. The third-order valence-electron chi connectivity index (χ3n) is 3.29. The number of rotatable bonds is 5. The van der Waals surface area contributed by atoms with Gasteiger partial charge in [0, 0.05) is 7.05 Å². The summed E-state index contributed by atoms with van der Waals surface area (Å²) in [5.74, 6) is 1.82. The molecule has 0 aliphatic rings. The van der Waals surface area contributed by atoms with Gasteiger partial charge in [-0.1, -0.05) is 13.0 Å². The Morgan fingerprint density at radius 1 is 1.30 bits per heavy atom. The normalized spacial score (nSPS) is 10.7. The average Bonchev–Trinajstić information content (AvgIpc) is 2.73. The molecule has 0 saturated heterocycles. The van der Waals surface area contributed by atoms with Crippen molar-refractivity contribution in [2.45, 2.75) is 26.9 Å². The van der Waals surface area contributed by atoms with Gasteiger partial charge in [0.1, 0.15) is 0 Å². The number of methoxy groups -OCH3 is 1. The van der Waals surface area contributed by atoms with E-state index in [1.54, 1.807) is 18.8 Å². The van der Waals surface area contributed by atoms with Crippen LogP contribution in [0.25, 0.3) is 0 Å². The minimum Gasteiger partial charge on any atom is -0.493 e. The molecular weight excluding hydrogens is 256 g/mol. The zero-order chi connectivity index (χ0) is 14.7. The van der Waals surface area contributed by atoms with Gasteiger partial charge in [0.25, 0.3) is 0 Å². The number of nitrogens with zero attached hydrogens (tertiary/aromatic N) is 2. The third-order valence-corrected chi connectivity index (χ3v) is 3.29. The van der Waals surface area contributed by atoms with E-state index in [1.807, 2.05) is 25.1 Å². The second-order valence-electron chi connectivity index (χ2n) is 4.59. The fraction of sp³-hybridized carbons (Fsp3) is 0.400. The second-order valence-corrected chi connectivity index (χ2v) is 4.59. The minimum absolute atomic E-state index is 0.107. The lowest BCUT2D eigenvalue weighted by Gasteiger charge is -2.12. The molecule has 2 aromatic rings. The number of ether oxygens (including phenoxy) is 2. The molecule has 2 rings (SSSR count). The van der Waals surface area contributed by atoms with Crippen LogP contribution in [-0.2, 0) is 20.1 Å². The first-order valence-electron chi connectivity index (χ1n) is 6.58. The van der Waals surface area contributed by atoms with Crippen LogP contribution in [0.15, 0.2) is 18.2 Å². The van der Waals surface area contributed by atoms with Gasteiger partial charge in [-0.25, -0.2) is 4.68 Å². The van der Waals surface area contributed by atoms with Gasteiger partial charge in [0.05, 0.1) is 25.0 Å². The van der Waals surface area contributed by atoms with Crippen molar-refractivity contribution in [1.29, 1.82) is 0 Å². The molecule has 1 aromatic carbocycles. The Morgan fingerprint density at radius 3 is 2.65 bits per heavy atom. The highest BCUT2D eigenvalue weighted by molar-refractivity contribution is 5.46. The number of hydrogen-bond donors (Lipinski definition) is 1. The Hall–Kier alpha value is -2.01. The van der Waals surface area contributed by atoms with Crippen molar-refractivity contribution in [3.63, 3.8) is 0 Å². The lowest BCUT2D eigenvalue weighted by Crippen LogP contribution is -1.99. The molecule has 0 saturated carbocycles. The Balaban J connectivity index is 2.39. The average molecular weight is 276 g/mol. The van der Waals surface area contributed by atoms with Crippen LogP contribution in [0.2, 0.25) is 0 Å². The third kappa shape index (κ3) is 2.63. The van der Waals surface area contributed by atoms with Crippen LogP contribution >= 0.6 is 0 Å². The Morgan fingerprint density at radius 2 is 2.05 bits per heavy atom. The Labute approximate surface area is 118 Å². The summed E-state index contributed by atoms with van der Waals surface area (Å²) in [5.41, 5.74) is 2.63. The van der Waals surface area contributed by atoms with Gasteiger partial charge in [-0.3, -0.25) is 0 Å². The summed E-state index contributed by atoms with van der Waals surface area (Å²) < 4.78 is 12.9. The molecule has 0 atom stereocenters. The van der Waals surface area contributed by atoms with E-state index in [0.717, 1.165) is 12.1 Å². The van der Waals surface area contributed by atoms with E-state index in [4.69, 9.17) is 9.47 Å². The smallest absolute Gasteiger partial charge is 0.223 e. The van der Waals surface area contributed by atoms with Crippen LogP contribution in [0.4, 0.5) is 0 Å². The zero-order valence-corrected chi connectivity index (χ0v) is 12.3. The predicted molar refractivity (Wildman–Crippen MR) is 76.3 cm³/mol. The van der Waals surface area contributed by atoms with Crippen LogP contribution in [0.5, 0.6) is 17.4 Å². The molecule has 1 N–H and O–H groups in total. The number of aromatic nitrogens is 2. The van der Waals surface area contributed by atoms with Gasteiger partial charge in [0.2, 0.25) is 5.88 Å². The molecule has 0 radical (unpaired) electrons. The van der Waals surface area contributed by atoms with Crippen molar-refractivity contribution in [3.8, 4) is 17.4 Å². The number of hydrogen-bond acceptors (Lipinski definition) is 4. The van der Waals surface area contributed by atoms with Crippen molar-refractivity contribution in [3.05, 3.63) is 35.0 Å². The molecule has 0 spiro atoms. The van der Waals surface area contributed by atoms with Gasteiger partial charge in [0.15, 0.2) is 11.5 Å². The van der Waals surface area contributed by atoms with Crippen LogP contribution in [0, 0.1) is 6.92 Å². The maximum atomic E-state index is 9.43. The quantitative estimate of drug-likeness (QED) is 0.912. The molecule has 0 bridgehead atoms. The van der Waals surface area contributed by atoms with Crippen molar-refractivity contribution < 1.29 is 14.6 Å². The molecular formula is C15H20N2O3. The maximum Gasteiger partial charge on any atom is 0.223 e. The van der Waals surface area contributed by atoms with E-state index >= 15 is 0 Å². The van der Waals surface area contributed by atoms with E-state index in [9.17, 15) is 5.11 Å². The van der Waals surface area contributed by atoms with E-state index in [1.165, 1.54) is 5.56 Å². The summed E-state index contributed by atoms with van der Waals surface area (Å²) >= 11 is 0. The van der Waals surface area contributed by atoms with Gasteiger partial charge in [-0.2, -0.15) is 5.10 Å². The number of aliphatic hydroxyl groups excluding tert-OH is 1. The molecule has 20 heavy (non-hydrogen) atoms. The summed E-state index contributed by atoms with van der Waals surface area (Å²) in [6.07, 6.45) is 0.934. The predicted octanol–water partition coefficient (Wildman–Crippen LogP) is 2.58. The van der Waals surface area contributed by atoms with E-state index in [-0.39, 0.29) is 6.61 Å². The monoisotopic (exact) mass is 276 g/mol. The number of aliphatic hydroxyl groups is 1. The van der Waals surface area contributed by atoms with E-state index in [2.05, 4.69) is 12.0 Å². The van der Waals surface area contributed by atoms with Crippen LogP contribution in [0.3, 0.4) is 0 Å². The van der Waals surface area contributed by atoms with E-state index in [0.29, 0.717) is 22.9 Å². The standard InChI is InChI=1S/C15H20N2O3/c1-5-11-6-7-13(14(8-11)19-4)20-15-12(9-18)10(2)16-17(15)3/h6-8,18H,5,9H2,1-4H3. The molecule has 5 nitrogen and oxygen atoms in total. The van der Waals surface area contributed by atoms with Crippen molar-refractivity contribution in [2.75, 3.05) is 7.11 Å². The van der Waals surface area contributed by atoms with Gasteiger partial charge < -0.3 is 14.6 Å². The second kappa shape index (κ2) is 5.96. The largest absolute Gasteiger partial charge is 0.493 e. The fourth-order valence-electron chi connectivity index (χ4n) is 2.11. The molecule has 5 heteroatoms. The molecule has 0 aliphatic carbocycles. The lowest BCUT2D eigenvalue weighted by atomic mass is 10.1. The molecule has 0 unspecified atom stereocenters. The molecule has 1 aromatic heterocycles. The van der Waals surface area contributed by atoms with Crippen molar-refractivity contribution in [2.24, 2.45) is 7.05 Å². The molecule has 1 heterocycles. The topological polar surface area (TPSA) is 56.5 Å². The first kappa shape index (κ1) is 14.4. The summed E-state index contributed by atoms with van der Waals surface area (Å²) in [4.78, 5) is 0. The van der Waals surface area contributed by atoms with Crippen molar-refractivity contribution >= 4 is 0 Å². The molecule has 0 fully saturated rings. The Kier molecular flexibility index (Phi) is 4.29. The SMILES string of the molecule is CCc1ccc(Oc2c(CO)c(C)nn2C)c(OC)c1. The maximum absolute atomic E-state index is 9.43. The minimum atomic E-state index is -0.107. The summed E-state index contributed by atoms with van der Waals surface area (Å²) in [7, 11) is 3.40. The molecule has 0 amide bonds. The van der Waals surface area contributed by atoms with Gasteiger partial charge in [-0.05, 0) is 31.0 Å². The molecule has 0 aliphatic heterocycles. The highest BCUT2D eigenvalue weighted by atomic mass is 16.5. The summed E-state index contributed by atoms with van der Waals surface area (Å²) in [6.45, 7) is 3.82. The van der Waals surface area contributed by atoms with Crippen LogP contribution in [0.1, 0.15) is 23.7 Å². The number of aryl methyl sites for hydroxylation is 3. The Bertz CT molecular complexity index is 605. The lowest BCUT2D eigenvalue weighted by molar-refractivity contribution is 0.273. The highest BCUT2D eigenvalue weighted by Crippen LogP contribution is 2.34. The van der Waals surface area contributed by atoms with E-state index < -0.39 is 0 Å². The fourth-order valence-corrected chi connectivity index (χ4v) is 2.11. The van der Waals surface area contributed by atoms with Crippen molar-refractivity contribution in [1.82, 2.24) is 9.78 Å². The van der Waals surface area contributed by atoms with Crippen LogP contribution in [-0.4, -0.2) is 22.0 Å². The number of benzene rings is 1. The first-order chi connectivity index (χ1) is 9.60. The van der Waals surface area contributed by atoms with Gasteiger partial charge >= 0.3 is 0 Å². The molecule has 108 valence electrons. The highest BCUT2D eigenvalue weighted by Gasteiger charge is 2.16. The summed E-state index contributed by atoms with van der Waals surface area (Å²) in [6, 6.07) is 5.83.